The van der Waals surface area contributed by atoms with E-state index in [2.05, 4.69) is 12.2 Å². The number of nitrogens with zero attached hydrogens (tertiary/aromatic N) is 3. The van der Waals surface area contributed by atoms with Gasteiger partial charge in [0.05, 0.1) is 11.1 Å². The Morgan fingerprint density at radius 1 is 1.37 bits per heavy atom. The van der Waals surface area contributed by atoms with Gasteiger partial charge in [-0.25, -0.2) is 9.18 Å². The van der Waals surface area contributed by atoms with Crippen LogP contribution in [0.15, 0.2) is 23.1 Å². The second-order valence-corrected chi connectivity index (χ2v) is 8.14. The van der Waals surface area contributed by atoms with Crippen LogP contribution in [0.2, 0.25) is 0 Å². The highest BCUT2D eigenvalue weighted by Crippen LogP contribution is 2.46. The number of fused-ring (bicyclic) bond motifs is 1. The summed E-state index contributed by atoms with van der Waals surface area (Å²) < 4.78 is 22.9. The lowest BCUT2D eigenvalue weighted by molar-refractivity contribution is 0.0694. The number of carboxylic acid groups (broad SMARTS) is 1. The van der Waals surface area contributed by atoms with Crippen LogP contribution in [-0.2, 0) is 0 Å². The molecule has 1 saturated heterocycles. The molecule has 1 fully saturated rings. The molecule has 2 aromatic rings. The van der Waals surface area contributed by atoms with Crippen molar-refractivity contribution in [2.45, 2.75) is 12.5 Å². The molecular formula is C20H22FN5O4. The molecule has 1 aromatic carbocycles. The molecular weight excluding hydrogens is 393 g/mol. The molecule has 2 aliphatic heterocycles. The van der Waals surface area contributed by atoms with E-state index in [-0.39, 0.29) is 52.6 Å². The van der Waals surface area contributed by atoms with E-state index < -0.39 is 22.8 Å². The average molecular weight is 415 g/mol. The summed E-state index contributed by atoms with van der Waals surface area (Å²) in [7, 11) is 1.67. The first-order chi connectivity index (χ1) is 14.3. The summed E-state index contributed by atoms with van der Waals surface area (Å²) in [5.74, 6) is -1.61. The molecule has 3 heterocycles. The zero-order chi connectivity index (χ0) is 21.3. The number of aromatic carboxylic acids is 1. The number of pyridine rings is 1. The normalized spacial score (nSPS) is 24.8. The lowest BCUT2D eigenvalue weighted by Crippen LogP contribution is -2.40. The Balaban J connectivity index is 1.77. The van der Waals surface area contributed by atoms with Crippen LogP contribution in [0.3, 0.4) is 0 Å². The second kappa shape index (κ2) is 6.36. The van der Waals surface area contributed by atoms with Gasteiger partial charge in [0.15, 0.2) is 18.3 Å². The number of halogens is 1. The van der Waals surface area contributed by atoms with E-state index in [9.17, 15) is 14.7 Å². The highest BCUT2D eigenvalue weighted by molar-refractivity contribution is 6.03. The van der Waals surface area contributed by atoms with Gasteiger partial charge in [-0.2, -0.15) is 0 Å². The van der Waals surface area contributed by atoms with Crippen LogP contribution in [0.25, 0.3) is 10.9 Å². The molecule has 0 spiro atoms. The van der Waals surface area contributed by atoms with Crippen molar-refractivity contribution < 1.29 is 19.0 Å². The van der Waals surface area contributed by atoms with E-state index in [1.54, 1.807) is 12.1 Å². The number of aromatic nitrogens is 1. The third-order valence-electron chi connectivity index (χ3n) is 6.40. The van der Waals surface area contributed by atoms with Crippen molar-refractivity contribution in [1.82, 2.24) is 4.68 Å². The molecule has 1 aromatic heterocycles. The highest BCUT2D eigenvalue weighted by Gasteiger charge is 2.40. The van der Waals surface area contributed by atoms with Crippen molar-refractivity contribution in [3.63, 3.8) is 0 Å². The van der Waals surface area contributed by atoms with Gasteiger partial charge in [-0.3, -0.25) is 14.5 Å². The maximum Gasteiger partial charge on any atom is 0.341 e. The summed E-state index contributed by atoms with van der Waals surface area (Å²) in [4.78, 5) is 26.3. The Morgan fingerprint density at radius 2 is 2.13 bits per heavy atom. The third kappa shape index (κ3) is 2.43. The molecule has 30 heavy (non-hydrogen) atoms. The van der Waals surface area contributed by atoms with Crippen LogP contribution >= 0.6 is 0 Å². The quantitative estimate of drug-likeness (QED) is 0.483. The number of hydrogen-bond donors (Lipinski definition) is 3. The lowest BCUT2D eigenvalue weighted by Gasteiger charge is -2.34. The number of rotatable bonds is 2. The van der Waals surface area contributed by atoms with Crippen LogP contribution < -0.4 is 31.5 Å². The molecule has 0 radical (unpaired) electrons. The van der Waals surface area contributed by atoms with Crippen LogP contribution in [0, 0.1) is 17.7 Å². The summed E-state index contributed by atoms with van der Waals surface area (Å²) in [5.41, 5.74) is 11.1. The molecule has 3 aliphatic rings. The van der Waals surface area contributed by atoms with Crippen molar-refractivity contribution in [2.75, 3.05) is 42.5 Å². The topological polar surface area (TPSA) is 127 Å². The standard InChI is InChI=1S/C20H22FN5O4/c1-24-8-30-19-16-13(18(27)11(20(28)29)7-26(16)24)15(23)14(21)17(19)25-5-9-3-2-4-12(22)10(9)6-25/h2-3,7,9-10,12H,4-6,8,22-23H2,1H3,(H,28,29)/t9?,10-,12+/m1/s1. The molecule has 0 saturated carbocycles. The zero-order valence-corrected chi connectivity index (χ0v) is 16.3. The molecule has 158 valence electrons. The van der Waals surface area contributed by atoms with E-state index in [1.165, 1.54) is 10.9 Å². The van der Waals surface area contributed by atoms with Gasteiger partial charge in [-0.15, -0.1) is 0 Å². The van der Waals surface area contributed by atoms with Crippen molar-refractivity contribution in [3.8, 4) is 5.75 Å². The fourth-order valence-corrected chi connectivity index (χ4v) is 4.86. The number of ether oxygens (including phenoxy) is 1. The van der Waals surface area contributed by atoms with Crippen LogP contribution in [0.1, 0.15) is 16.8 Å². The van der Waals surface area contributed by atoms with E-state index in [4.69, 9.17) is 16.2 Å². The van der Waals surface area contributed by atoms with Gasteiger partial charge in [-0.05, 0) is 12.3 Å². The molecule has 0 bridgehead atoms. The molecule has 5 N–H and O–H groups in total. The van der Waals surface area contributed by atoms with Crippen molar-refractivity contribution in [1.29, 1.82) is 0 Å². The zero-order valence-electron chi connectivity index (χ0n) is 16.3. The molecule has 0 amide bonds. The van der Waals surface area contributed by atoms with E-state index in [0.29, 0.717) is 13.1 Å². The Labute approximate surface area is 170 Å². The van der Waals surface area contributed by atoms with E-state index >= 15 is 4.39 Å². The number of benzene rings is 1. The lowest BCUT2D eigenvalue weighted by atomic mass is 9.83. The Bertz CT molecular complexity index is 1180. The SMILES string of the molecule is CN1COc2c(N3CC4C=CC[C@H](N)[C@@H]4C3)c(F)c(N)c3c(=O)c(C(=O)O)cn1c23. The van der Waals surface area contributed by atoms with Gasteiger partial charge in [-0.1, -0.05) is 12.2 Å². The molecule has 1 aliphatic carbocycles. The summed E-state index contributed by atoms with van der Waals surface area (Å²) in [5, 5.41) is 10.8. The van der Waals surface area contributed by atoms with Gasteiger partial charge in [0, 0.05) is 38.3 Å². The van der Waals surface area contributed by atoms with Gasteiger partial charge in [0.1, 0.15) is 16.8 Å². The molecule has 1 unspecified atom stereocenters. The number of nitrogens with two attached hydrogens (primary N) is 2. The van der Waals surface area contributed by atoms with Crippen molar-refractivity contribution >= 4 is 28.2 Å². The van der Waals surface area contributed by atoms with E-state index in [1.807, 2.05) is 4.90 Å². The average Bonchev–Trinajstić information content (AvgIpc) is 3.13. The second-order valence-electron chi connectivity index (χ2n) is 8.14. The minimum absolute atomic E-state index is 0.00872. The van der Waals surface area contributed by atoms with Gasteiger partial charge >= 0.3 is 5.97 Å². The van der Waals surface area contributed by atoms with Crippen LogP contribution in [-0.4, -0.2) is 48.7 Å². The number of hydrogen-bond acceptors (Lipinski definition) is 7. The maximum atomic E-state index is 15.6. The minimum Gasteiger partial charge on any atom is -0.477 e. The predicted octanol–water partition coefficient (Wildman–Crippen LogP) is 0.678. The van der Waals surface area contributed by atoms with Crippen LogP contribution in [0.5, 0.6) is 5.75 Å². The van der Waals surface area contributed by atoms with Crippen molar-refractivity contribution in [3.05, 3.63) is 40.0 Å². The highest BCUT2D eigenvalue weighted by atomic mass is 19.1. The maximum absolute atomic E-state index is 15.6. The van der Waals surface area contributed by atoms with Gasteiger partial charge in [0.2, 0.25) is 5.43 Å². The third-order valence-corrected chi connectivity index (χ3v) is 6.40. The summed E-state index contributed by atoms with van der Waals surface area (Å²) >= 11 is 0. The van der Waals surface area contributed by atoms with Crippen molar-refractivity contribution in [2.24, 2.45) is 17.6 Å². The molecule has 3 atom stereocenters. The van der Waals surface area contributed by atoms with Gasteiger partial charge in [0.25, 0.3) is 0 Å². The molecule has 9 nitrogen and oxygen atoms in total. The Morgan fingerprint density at radius 3 is 2.83 bits per heavy atom. The summed E-state index contributed by atoms with van der Waals surface area (Å²) in [6.07, 6.45) is 6.18. The largest absolute Gasteiger partial charge is 0.477 e. The first-order valence-corrected chi connectivity index (χ1v) is 9.74. The number of nitrogen functional groups attached to an aromatic ring is 1. The number of anilines is 2. The monoisotopic (exact) mass is 415 g/mol. The Hall–Kier alpha value is -3.27. The smallest absolute Gasteiger partial charge is 0.341 e. The predicted molar refractivity (Wildman–Crippen MR) is 110 cm³/mol. The first kappa shape index (κ1) is 18.7. The molecule has 5 rings (SSSR count). The molecule has 10 heteroatoms. The van der Waals surface area contributed by atoms with Gasteiger partial charge < -0.3 is 26.2 Å². The Kier molecular flexibility index (Phi) is 3.97. The summed E-state index contributed by atoms with van der Waals surface area (Å²) in [6, 6.07) is -0.00872. The van der Waals surface area contributed by atoms with E-state index in [0.717, 1.165) is 6.42 Å². The first-order valence-electron chi connectivity index (χ1n) is 9.74. The minimum atomic E-state index is -1.40. The number of carboxylic acids is 1. The van der Waals surface area contributed by atoms with Crippen LogP contribution in [0.4, 0.5) is 15.8 Å². The fourth-order valence-electron chi connectivity index (χ4n) is 4.86. The summed E-state index contributed by atoms with van der Waals surface area (Å²) in [6.45, 7) is 1.16. The fraction of sp³-hybridized carbons (Fsp3) is 0.400. The number of carbonyl (C=O) groups is 1.